The molecule has 2 atom stereocenters. The Labute approximate surface area is 120 Å². The molecule has 3 N–H and O–H groups in total. The molecular formula is C14H27N3O3. The van der Waals surface area contributed by atoms with E-state index in [9.17, 15) is 9.59 Å². The fourth-order valence-electron chi connectivity index (χ4n) is 2.51. The molecule has 2 amide bonds. The first-order valence-corrected chi connectivity index (χ1v) is 7.41. The van der Waals surface area contributed by atoms with Gasteiger partial charge in [-0.2, -0.15) is 0 Å². The Balaban J connectivity index is 2.29. The minimum Gasteiger partial charge on any atom is -0.480 e. The van der Waals surface area contributed by atoms with Crippen molar-refractivity contribution in [3.63, 3.8) is 0 Å². The lowest BCUT2D eigenvalue weighted by molar-refractivity contribution is -0.139. The van der Waals surface area contributed by atoms with Crippen LogP contribution in [0.4, 0.5) is 4.79 Å². The van der Waals surface area contributed by atoms with Crippen molar-refractivity contribution in [2.75, 3.05) is 26.2 Å². The van der Waals surface area contributed by atoms with E-state index in [4.69, 9.17) is 5.11 Å². The smallest absolute Gasteiger partial charge is 0.326 e. The van der Waals surface area contributed by atoms with E-state index in [1.54, 1.807) is 0 Å². The summed E-state index contributed by atoms with van der Waals surface area (Å²) in [5.74, 6) is -0.287. The third kappa shape index (κ3) is 5.77. The molecule has 0 aliphatic carbocycles. The van der Waals surface area contributed by atoms with Gasteiger partial charge in [-0.05, 0) is 37.8 Å². The summed E-state index contributed by atoms with van der Waals surface area (Å²) in [6.45, 7) is 9.74. The summed E-state index contributed by atoms with van der Waals surface area (Å²) in [5, 5.41) is 14.4. The van der Waals surface area contributed by atoms with E-state index in [0.717, 1.165) is 26.1 Å². The molecule has 6 nitrogen and oxygen atoms in total. The molecule has 1 heterocycles. The minimum absolute atomic E-state index is 0.226. The number of aliphatic carboxylic acids is 1. The number of carbonyl (C=O) groups is 2. The second-order valence-corrected chi connectivity index (χ2v) is 5.92. The first kappa shape index (κ1) is 16.8. The summed E-state index contributed by atoms with van der Waals surface area (Å²) in [5.41, 5.74) is 0. The molecule has 6 heteroatoms. The monoisotopic (exact) mass is 285 g/mol. The molecule has 1 rings (SSSR count). The summed E-state index contributed by atoms with van der Waals surface area (Å²) in [6, 6.07) is -1.20. The van der Waals surface area contributed by atoms with Gasteiger partial charge in [-0.15, -0.1) is 0 Å². The predicted molar refractivity (Wildman–Crippen MR) is 77.6 cm³/mol. The number of likely N-dealkylation sites (tertiary alicyclic amines) is 1. The molecule has 0 aromatic carbocycles. The van der Waals surface area contributed by atoms with Crippen molar-refractivity contribution in [3.05, 3.63) is 0 Å². The van der Waals surface area contributed by atoms with Crippen LogP contribution in [0.2, 0.25) is 0 Å². The third-order valence-electron chi connectivity index (χ3n) is 3.68. The fraction of sp³-hybridized carbons (Fsp3) is 0.857. The first-order valence-electron chi connectivity index (χ1n) is 7.41. The topological polar surface area (TPSA) is 81.7 Å². The summed E-state index contributed by atoms with van der Waals surface area (Å²) in [6.07, 6.45) is 1.53. The quantitative estimate of drug-likeness (QED) is 0.655. The van der Waals surface area contributed by atoms with Gasteiger partial charge in [-0.25, -0.2) is 9.59 Å². The molecular weight excluding hydrogens is 258 g/mol. The molecule has 0 aromatic rings. The Morgan fingerprint density at radius 1 is 1.40 bits per heavy atom. The third-order valence-corrected chi connectivity index (χ3v) is 3.68. The number of urea groups is 1. The van der Waals surface area contributed by atoms with Crippen molar-refractivity contribution in [2.24, 2.45) is 11.8 Å². The van der Waals surface area contributed by atoms with Crippen molar-refractivity contribution < 1.29 is 14.7 Å². The Kier molecular flexibility index (Phi) is 6.78. The van der Waals surface area contributed by atoms with E-state index < -0.39 is 12.0 Å². The summed E-state index contributed by atoms with van der Waals surface area (Å²) < 4.78 is 0. The highest BCUT2D eigenvalue weighted by atomic mass is 16.4. The molecule has 20 heavy (non-hydrogen) atoms. The highest BCUT2D eigenvalue weighted by molar-refractivity contribution is 5.82. The van der Waals surface area contributed by atoms with Crippen LogP contribution in [0.25, 0.3) is 0 Å². The van der Waals surface area contributed by atoms with Crippen molar-refractivity contribution in [2.45, 2.75) is 39.7 Å². The highest BCUT2D eigenvalue weighted by Crippen LogP contribution is 2.14. The van der Waals surface area contributed by atoms with Crippen LogP contribution in [0, 0.1) is 11.8 Å². The summed E-state index contributed by atoms with van der Waals surface area (Å²) in [7, 11) is 0. The number of carbonyl (C=O) groups excluding carboxylic acids is 1. The first-order chi connectivity index (χ1) is 9.42. The second kappa shape index (κ2) is 8.09. The number of carboxylic acids is 1. The van der Waals surface area contributed by atoms with Crippen LogP contribution in [0.15, 0.2) is 0 Å². The number of carboxylic acid groups (broad SMARTS) is 1. The number of rotatable bonds is 7. The van der Waals surface area contributed by atoms with Crippen LogP contribution >= 0.6 is 0 Å². The second-order valence-electron chi connectivity index (χ2n) is 5.92. The van der Waals surface area contributed by atoms with E-state index in [2.05, 4.69) is 22.5 Å². The lowest BCUT2D eigenvalue weighted by Crippen LogP contribution is -2.47. The predicted octanol–water partition coefficient (Wildman–Crippen LogP) is 1.13. The zero-order valence-corrected chi connectivity index (χ0v) is 12.7. The molecule has 0 bridgehead atoms. The highest BCUT2D eigenvalue weighted by Gasteiger charge is 2.23. The Hall–Kier alpha value is -1.30. The molecule has 1 saturated heterocycles. The SMILES string of the molecule is CCN1CCC(CNC(=O)N[C@@H](CC(C)C)C(=O)O)C1. The Morgan fingerprint density at radius 2 is 2.10 bits per heavy atom. The van der Waals surface area contributed by atoms with E-state index >= 15 is 0 Å². The van der Waals surface area contributed by atoms with E-state index in [0.29, 0.717) is 18.9 Å². The van der Waals surface area contributed by atoms with Gasteiger partial charge in [0.05, 0.1) is 0 Å². The van der Waals surface area contributed by atoms with Gasteiger partial charge in [-0.3, -0.25) is 0 Å². The van der Waals surface area contributed by atoms with Gasteiger partial charge in [0.25, 0.3) is 0 Å². The van der Waals surface area contributed by atoms with Gasteiger partial charge in [-0.1, -0.05) is 20.8 Å². The van der Waals surface area contributed by atoms with Crippen LogP contribution < -0.4 is 10.6 Å². The Morgan fingerprint density at radius 3 is 2.60 bits per heavy atom. The van der Waals surface area contributed by atoms with Crippen LogP contribution in [0.3, 0.4) is 0 Å². The lowest BCUT2D eigenvalue weighted by atomic mass is 10.0. The van der Waals surface area contributed by atoms with Crippen LogP contribution in [-0.2, 0) is 4.79 Å². The van der Waals surface area contributed by atoms with E-state index in [1.165, 1.54) is 0 Å². The molecule has 1 aliphatic rings. The molecule has 0 radical (unpaired) electrons. The van der Waals surface area contributed by atoms with Gasteiger partial charge < -0.3 is 20.6 Å². The molecule has 116 valence electrons. The standard InChI is InChI=1S/C14H27N3O3/c1-4-17-6-5-11(9-17)8-15-14(20)16-12(13(18)19)7-10(2)3/h10-12H,4-9H2,1-3H3,(H,18,19)(H2,15,16,20)/t11?,12-/m0/s1. The zero-order valence-electron chi connectivity index (χ0n) is 12.7. The van der Waals surface area contributed by atoms with Gasteiger partial charge in [0.2, 0.25) is 0 Å². The van der Waals surface area contributed by atoms with Crippen LogP contribution in [0.5, 0.6) is 0 Å². The lowest BCUT2D eigenvalue weighted by Gasteiger charge is -2.18. The summed E-state index contributed by atoms with van der Waals surface area (Å²) in [4.78, 5) is 25.2. The Bertz CT molecular complexity index is 334. The molecule has 0 spiro atoms. The molecule has 0 aromatic heterocycles. The number of amides is 2. The van der Waals surface area contributed by atoms with Crippen molar-refractivity contribution in [1.82, 2.24) is 15.5 Å². The molecule has 1 unspecified atom stereocenters. The number of hydrogen-bond acceptors (Lipinski definition) is 3. The molecule has 1 fully saturated rings. The van der Waals surface area contributed by atoms with Crippen LogP contribution in [-0.4, -0.2) is 54.2 Å². The average Bonchev–Trinajstić information content (AvgIpc) is 2.83. The number of nitrogens with one attached hydrogen (secondary N) is 2. The molecule has 0 saturated carbocycles. The van der Waals surface area contributed by atoms with Crippen molar-refractivity contribution in [1.29, 1.82) is 0 Å². The van der Waals surface area contributed by atoms with Gasteiger partial charge in [0.15, 0.2) is 0 Å². The number of hydrogen-bond donors (Lipinski definition) is 3. The van der Waals surface area contributed by atoms with Gasteiger partial charge in [0, 0.05) is 13.1 Å². The minimum atomic E-state index is -0.980. The average molecular weight is 285 g/mol. The van der Waals surface area contributed by atoms with Crippen LogP contribution in [0.1, 0.15) is 33.6 Å². The van der Waals surface area contributed by atoms with Crippen molar-refractivity contribution >= 4 is 12.0 Å². The molecule has 1 aliphatic heterocycles. The maximum absolute atomic E-state index is 11.7. The maximum atomic E-state index is 11.7. The van der Waals surface area contributed by atoms with Gasteiger partial charge >= 0.3 is 12.0 Å². The largest absolute Gasteiger partial charge is 0.480 e. The van der Waals surface area contributed by atoms with E-state index in [1.807, 2.05) is 13.8 Å². The normalized spacial score (nSPS) is 20.9. The zero-order chi connectivity index (χ0) is 15.1. The van der Waals surface area contributed by atoms with Gasteiger partial charge in [0.1, 0.15) is 6.04 Å². The maximum Gasteiger partial charge on any atom is 0.326 e. The summed E-state index contributed by atoms with van der Waals surface area (Å²) >= 11 is 0. The van der Waals surface area contributed by atoms with Crippen molar-refractivity contribution in [3.8, 4) is 0 Å². The number of nitrogens with zero attached hydrogens (tertiary/aromatic N) is 1. The fourth-order valence-corrected chi connectivity index (χ4v) is 2.51. The van der Waals surface area contributed by atoms with E-state index in [-0.39, 0.29) is 11.9 Å².